The summed E-state index contributed by atoms with van der Waals surface area (Å²) in [5.74, 6) is 0.545. The van der Waals surface area contributed by atoms with Crippen molar-refractivity contribution in [2.24, 2.45) is 0 Å². The molecular weight excluding hydrogens is 340 g/mol. The van der Waals surface area contributed by atoms with E-state index in [1.807, 2.05) is 16.8 Å². The van der Waals surface area contributed by atoms with Crippen LogP contribution in [0.25, 0.3) is 0 Å². The second-order valence-corrected chi connectivity index (χ2v) is 8.67. The average molecular weight is 379 g/mol. The zero-order valence-electron chi connectivity index (χ0n) is 17.4. The number of rotatable bonds is 5. The van der Waals surface area contributed by atoms with Gasteiger partial charge in [-0.25, -0.2) is 0 Å². The van der Waals surface area contributed by atoms with Crippen LogP contribution in [0.4, 0.5) is 0 Å². The van der Waals surface area contributed by atoms with Gasteiger partial charge in [0, 0.05) is 52.4 Å². The van der Waals surface area contributed by atoms with Gasteiger partial charge >= 0.3 is 0 Å². The van der Waals surface area contributed by atoms with Crippen LogP contribution in [0.15, 0.2) is 0 Å². The van der Waals surface area contributed by atoms with Crippen molar-refractivity contribution in [1.29, 1.82) is 0 Å². The van der Waals surface area contributed by atoms with Crippen LogP contribution in [0.3, 0.4) is 0 Å². The minimum Gasteiger partial charge on any atom is -0.342 e. The fourth-order valence-corrected chi connectivity index (χ4v) is 4.84. The SMILES string of the molecule is CC(C(=O)N(C)C1CCCCC1)N1CCN(CC(=O)N2CCCCC2)CC1. The van der Waals surface area contributed by atoms with Crippen LogP contribution in [0.1, 0.15) is 58.3 Å². The molecule has 3 fully saturated rings. The first kappa shape index (κ1) is 20.6. The number of carbonyl (C=O) groups is 2. The van der Waals surface area contributed by atoms with Crippen molar-refractivity contribution in [3.05, 3.63) is 0 Å². The van der Waals surface area contributed by atoms with Crippen LogP contribution >= 0.6 is 0 Å². The maximum Gasteiger partial charge on any atom is 0.239 e. The largest absolute Gasteiger partial charge is 0.342 e. The van der Waals surface area contributed by atoms with E-state index in [2.05, 4.69) is 16.7 Å². The number of piperazine rings is 1. The predicted molar refractivity (Wildman–Crippen MR) is 108 cm³/mol. The predicted octanol–water partition coefficient (Wildman–Crippen LogP) is 1.80. The van der Waals surface area contributed by atoms with Gasteiger partial charge in [-0.2, -0.15) is 0 Å². The van der Waals surface area contributed by atoms with Gasteiger partial charge < -0.3 is 9.80 Å². The Hall–Kier alpha value is -1.14. The van der Waals surface area contributed by atoms with Gasteiger partial charge in [0.2, 0.25) is 11.8 Å². The van der Waals surface area contributed by atoms with E-state index in [1.54, 1.807) is 0 Å². The number of carbonyl (C=O) groups excluding carboxylic acids is 2. The summed E-state index contributed by atoms with van der Waals surface area (Å²) >= 11 is 0. The molecular formula is C21H38N4O2. The molecule has 0 bridgehead atoms. The van der Waals surface area contributed by atoms with E-state index < -0.39 is 0 Å². The van der Waals surface area contributed by atoms with Crippen LogP contribution in [0, 0.1) is 0 Å². The molecule has 0 aromatic carbocycles. The normalized spacial score (nSPS) is 24.6. The van der Waals surface area contributed by atoms with Crippen molar-refractivity contribution in [3.8, 4) is 0 Å². The van der Waals surface area contributed by atoms with E-state index in [9.17, 15) is 9.59 Å². The molecule has 2 amide bonds. The van der Waals surface area contributed by atoms with Gasteiger partial charge in [-0.3, -0.25) is 19.4 Å². The average Bonchev–Trinajstić information content (AvgIpc) is 2.74. The molecule has 2 saturated heterocycles. The molecule has 6 heteroatoms. The number of nitrogens with zero attached hydrogens (tertiary/aromatic N) is 4. The van der Waals surface area contributed by atoms with Gasteiger partial charge in [0.05, 0.1) is 12.6 Å². The molecule has 1 atom stereocenters. The zero-order chi connectivity index (χ0) is 19.2. The Morgan fingerprint density at radius 1 is 0.889 bits per heavy atom. The Morgan fingerprint density at radius 2 is 1.48 bits per heavy atom. The minimum atomic E-state index is -0.0585. The van der Waals surface area contributed by atoms with E-state index in [0.717, 1.165) is 65.0 Å². The Bertz CT molecular complexity index is 492. The number of likely N-dealkylation sites (N-methyl/N-ethyl adjacent to an activating group) is 1. The van der Waals surface area contributed by atoms with Crippen LogP contribution < -0.4 is 0 Å². The Kier molecular flexibility index (Phi) is 7.53. The summed E-state index contributed by atoms with van der Waals surface area (Å²) in [4.78, 5) is 34.0. The smallest absolute Gasteiger partial charge is 0.239 e. The molecule has 3 aliphatic rings. The Labute approximate surface area is 164 Å². The third-order valence-electron chi connectivity index (χ3n) is 6.85. The third kappa shape index (κ3) is 5.44. The summed E-state index contributed by atoms with van der Waals surface area (Å²) in [5.41, 5.74) is 0. The van der Waals surface area contributed by atoms with Gasteiger partial charge in [0.25, 0.3) is 0 Å². The molecule has 1 unspecified atom stereocenters. The molecule has 27 heavy (non-hydrogen) atoms. The second kappa shape index (κ2) is 9.87. The van der Waals surface area contributed by atoms with Gasteiger partial charge in [0.15, 0.2) is 0 Å². The molecule has 0 aromatic rings. The molecule has 6 nitrogen and oxygen atoms in total. The maximum absolute atomic E-state index is 12.9. The number of likely N-dealkylation sites (tertiary alicyclic amines) is 1. The highest BCUT2D eigenvalue weighted by molar-refractivity contribution is 5.81. The van der Waals surface area contributed by atoms with Crippen LogP contribution in [-0.4, -0.2) is 96.4 Å². The van der Waals surface area contributed by atoms with Crippen molar-refractivity contribution >= 4 is 11.8 Å². The molecule has 3 rings (SSSR count). The molecule has 2 heterocycles. The van der Waals surface area contributed by atoms with Crippen LogP contribution in [0.5, 0.6) is 0 Å². The minimum absolute atomic E-state index is 0.0585. The van der Waals surface area contributed by atoms with Crippen molar-refractivity contribution in [2.45, 2.75) is 70.4 Å². The first-order valence-corrected chi connectivity index (χ1v) is 11.1. The lowest BCUT2D eigenvalue weighted by molar-refractivity contribution is -0.139. The van der Waals surface area contributed by atoms with Crippen molar-refractivity contribution in [3.63, 3.8) is 0 Å². The summed E-state index contributed by atoms with van der Waals surface area (Å²) in [6, 6.07) is 0.369. The molecule has 2 aliphatic heterocycles. The summed E-state index contributed by atoms with van der Waals surface area (Å²) in [6.45, 7) is 7.95. The summed E-state index contributed by atoms with van der Waals surface area (Å²) < 4.78 is 0. The molecule has 1 aliphatic carbocycles. The monoisotopic (exact) mass is 378 g/mol. The van der Waals surface area contributed by atoms with E-state index in [-0.39, 0.29) is 17.9 Å². The van der Waals surface area contributed by atoms with E-state index in [4.69, 9.17) is 0 Å². The lowest BCUT2D eigenvalue weighted by Gasteiger charge is -2.40. The fraction of sp³-hybridized carbons (Fsp3) is 0.905. The molecule has 0 radical (unpaired) electrons. The lowest BCUT2D eigenvalue weighted by Crippen LogP contribution is -2.56. The molecule has 1 saturated carbocycles. The molecule has 0 spiro atoms. The summed E-state index contributed by atoms with van der Waals surface area (Å²) in [5, 5.41) is 0. The zero-order valence-corrected chi connectivity index (χ0v) is 17.4. The molecule has 154 valence electrons. The first-order chi connectivity index (χ1) is 13.1. The summed E-state index contributed by atoms with van der Waals surface area (Å²) in [6.07, 6.45) is 9.67. The topological polar surface area (TPSA) is 47.1 Å². The second-order valence-electron chi connectivity index (χ2n) is 8.67. The first-order valence-electron chi connectivity index (χ1n) is 11.1. The number of amides is 2. The number of piperidine rings is 1. The Morgan fingerprint density at radius 3 is 2.11 bits per heavy atom. The van der Waals surface area contributed by atoms with Crippen molar-refractivity contribution in [2.75, 3.05) is 52.9 Å². The maximum atomic E-state index is 12.9. The van der Waals surface area contributed by atoms with Gasteiger partial charge in [-0.1, -0.05) is 19.3 Å². The third-order valence-corrected chi connectivity index (χ3v) is 6.85. The lowest BCUT2D eigenvalue weighted by atomic mass is 9.94. The van der Waals surface area contributed by atoms with Crippen molar-refractivity contribution in [1.82, 2.24) is 19.6 Å². The van der Waals surface area contributed by atoms with E-state index >= 15 is 0 Å². The van der Waals surface area contributed by atoms with Gasteiger partial charge in [-0.15, -0.1) is 0 Å². The van der Waals surface area contributed by atoms with Gasteiger partial charge in [-0.05, 0) is 39.0 Å². The van der Waals surface area contributed by atoms with E-state index in [1.165, 1.54) is 25.7 Å². The van der Waals surface area contributed by atoms with Gasteiger partial charge in [0.1, 0.15) is 0 Å². The van der Waals surface area contributed by atoms with E-state index in [0.29, 0.717) is 12.6 Å². The van der Waals surface area contributed by atoms with Crippen LogP contribution in [-0.2, 0) is 9.59 Å². The molecule has 0 aromatic heterocycles. The summed E-state index contributed by atoms with van der Waals surface area (Å²) in [7, 11) is 1.99. The fourth-order valence-electron chi connectivity index (χ4n) is 4.84. The van der Waals surface area contributed by atoms with Crippen LogP contribution in [0.2, 0.25) is 0 Å². The number of hydrogen-bond donors (Lipinski definition) is 0. The quantitative estimate of drug-likeness (QED) is 0.732. The van der Waals surface area contributed by atoms with Crippen molar-refractivity contribution < 1.29 is 9.59 Å². The highest BCUT2D eigenvalue weighted by Crippen LogP contribution is 2.23. The highest BCUT2D eigenvalue weighted by Gasteiger charge is 2.31. The Balaban J connectivity index is 1.42. The standard InChI is InChI=1S/C21H38N4O2/c1-18(21(27)22(2)19-9-5-3-6-10-19)24-15-13-23(14-16-24)17-20(26)25-11-7-4-8-12-25/h18-19H,3-17H2,1-2H3. The number of hydrogen-bond acceptors (Lipinski definition) is 4. The highest BCUT2D eigenvalue weighted by atomic mass is 16.2. The molecule has 0 N–H and O–H groups in total.